The van der Waals surface area contributed by atoms with Gasteiger partial charge in [0.05, 0.1) is 17.3 Å². The van der Waals surface area contributed by atoms with Crippen LogP contribution in [0, 0.1) is 10.8 Å². The SMILES string of the molecule is CNc1ccc(C(=N)/C=C(\O)C(=N)c2cc(Cl)c(OCCOC)cc2N)cc1. The Morgan fingerprint density at radius 2 is 1.89 bits per heavy atom. The molecule has 28 heavy (non-hydrogen) atoms. The molecule has 0 heterocycles. The van der Waals surface area contributed by atoms with Gasteiger partial charge in [-0.1, -0.05) is 23.7 Å². The van der Waals surface area contributed by atoms with Crippen LogP contribution in [0.1, 0.15) is 11.1 Å². The third-order valence-corrected chi connectivity index (χ3v) is 4.24. The first kappa shape index (κ1) is 21.3. The number of aliphatic hydroxyl groups is 1. The maximum atomic E-state index is 10.3. The zero-order valence-corrected chi connectivity index (χ0v) is 16.4. The highest BCUT2D eigenvalue weighted by Gasteiger charge is 2.15. The van der Waals surface area contributed by atoms with Crippen LogP contribution in [0.4, 0.5) is 11.4 Å². The number of benzene rings is 2. The predicted octanol–water partition coefficient (Wildman–Crippen LogP) is 3.87. The molecule has 8 heteroatoms. The summed E-state index contributed by atoms with van der Waals surface area (Å²) >= 11 is 6.19. The number of ether oxygens (including phenoxy) is 2. The number of nitrogens with one attached hydrogen (secondary N) is 3. The van der Waals surface area contributed by atoms with E-state index in [4.69, 9.17) is 37.6 Å². The maximum absolute atomic E-state index is 10.3. The molecular weight excluding hydrogens is 380 g/mol. The summed E-state index contributed by atoms with van der Waals surface area (Å²) in [5.74, 6) is -0.0212. The molecule has 0 fully saturated rings. The average molecular weight is 403 g/mol. The van der Waals surface area contributed by atoms with E-state index in [2.05, 4.69) is 5.32 Å². The monoisotopic (exact) mass is 402 g/mol. The number of halogens is 1. The van der Waals surface area contributed by atoms with Gasteiger partial charge in [-0.3, -0.25) is 5.41 Å². The van der Waals surface area contributed by atoms with Crippen molar-refractivity contribution in [3.8, 4) is 5.75 Å². The summed E-state index contributed by atoms with van der Waals surface area (Å²) < 4.78 is 10.4. The highest BCUT2D eigenvalue weighted by Crippen LogP contribution is 2.31. The first-order chi connectivity index (χ1) is 13.4. The first-order valence-corrected chi connectivity index (χ1v) is 8.82. The molecule has 0 unspecified atom stereocenters. The van der Waals surface area contributed by atoms with Gasteiger partial charge in [0.2, 0.25) is 0 Å². The van der Waals surface area contributed by atoms with Crippen molar-refractivity contribution in [3.63, 3.8) is 0 Å². The lowest BCUT2D eigenvalue weighted by Gasteiger charge is -2.13. The van der Waals surface area contributed by atoms with Gasteiger partial charge in [-0.05, 0) is 23.8 Å². The molecule has 0 aliphatic rings. The third kappa shape index (κ3) is 5.25. The number of rotatable bonds is 9. The fourth-order valence-electron chi connectivity index (χ4n) is 2.38. The number of hydrogen-bond acceptors (Lipinski definition) is 7. The zero-order valence-electron chi connectivity index (χ0n) is 15.7. The lowest BCUT2D eigenvalue weighted by Crippen LogP contribution is -2.10. The second kappa shape index (κ2) is 9.77. The van der Waals surface area contributed by atoms with Crippen LogP contribution >= 0.6 is 11.6 Å². The maximum Gasteiger partial charge on any atom is 0.143 e. The average Bonchev–Trinajstić information content (AvgIpc) is 2.69. The molecule has 6 N–H and O–H groups in total. The lowest BCUT2D eigenvalue weighted by atomic mass is 10.0. The van der Waals surface area contributed by atoms with Gasteiger partial charge >= 0.3 is 0 Å². The molecule has 7 nitrogen and oxygen atoms in total. The number of aliphatic hydroxyl groups excluding tert-OH is 1. The van der Waals surface area contributed by atoms with Crippen LogP contribution in [-0.2, 0) is 4.74 Å². The Hall–Kier alpha value is -3.03. The van der Waals surface area contributed by atoms with Gasteiger partial charge in [-0.15, -0.1) is 0 Å². The Morgan fingerprint density at radius 3 is 2.50 bits per heavy atom. The van der Waals surface area contributed by atoms with Crippen molar-refractivity contribution < 1.29 is 14.6 Å². The highest BCUT2D eigenvalue weighted by molar-refractivity contribution is 6.33. The molecule has 2 aromatic rings. The van der Waals surface area contributed by atoms with E-state index in [1.807, 2.05) is 12.1 Å². The van der Waals surface area contributed by atoms with E-state index in [0.29, 0.717) is 24.5 Å². The molecule has 0 radical (unpaired) electrons. The summed E-state index contributed by atoms with van der Waals surface area (Å²) in [6.07, 6.45) is 1.20. The number of hydrogen-bond donors (Lipinski definition) is 5. The van der Waals surface area contributed by atoms with Gasteiger partial charge in [-0.2, -0.15) is 0 Å². The van der Waals surface area contributed by atoms with Crippen molar-refractivity contribution in [3.05, 3.63) is 64.4 Å². The number of allylic oxidation sites excluding steroid dienone is 2. The van der Waals surface area contributed by atoms with Crippen LogP contribution in [0.3, 0.4) is 0 Å². The smallest absolute Gasteiger partial charge is 0.143 e. The van der Waals surface area contributed by atoms with Crippen LogP contribution in [-0.4, -0.2) is 43.9 Å². The molecule has 0 atom stereocenters. The van der Waals surface area contributed by atoms with Crippen molar-refractivity contribution in [1.82, 2.24) is 0 Å². The highest BCUT2D eigenvalue weighted by atomic mass is 35.5. The van der Waals surface area contributed by atoms with Gasteiger partial charge in [0.1, 0.15) is 23.8 Å². The Labute approximate surface area is 168 Å². The van der Waals surface area contributed by atoms with Gasteiger partial charge in [0.15, 0.2) is 0 Å². The van der Waals surface area contributed by atoms with Crippen LogP contribution in [0.15, 0.2) is 48.2 Å². The molecule has 0 saturated carbocycles. The number of methoxy groups -OCH3 is 1. The molecule has 0 aromatic heterocycles. The minimum atomic E-state index is -0.390. The van der Waals surface area contributed by atoms with Gasteiger partial charge in [0.25, 0.3) is 0 Å². The van der Waals surface area contributed by atoms with Gasteiger partial charge < -0.3 is 31.0 Å². The van der Waals surface area contributed by atoms with Gasteiger partial charge in [-0.25, -0.2) is 0 Å². The van der Waals surface area contributed by atoms with E-state index in [0.717, 1.165) is 5.69 Å². The van der Waals surface area contributed by atoms with Crippen molar-refractivity contribution >= 4 is 34.4 Å². The summed E-state index contributed by atoms with van der Waals surface area (Å²) in [4.78, 5) is 0. The molecule has 0 spiro atoms. The molecule has 0 aliphatic carbocycles. The van der Waals surface area contributed by atoms with E-state index >= 15 is 0 Å². The number of nitrogen functional groups attached to an aromatic ring is 1. The molecule has 0 amide bonds. The van der Waals surface area contributed by atoms with E-state index in [9.17, 15) is 5.11 Å². The first-order valence-electron chi connectivity index (χ1n) is 8.44. The van der Waals surface area contributed by atoms with Crippen LogP contribution in [0.5, 0.6) is 5.75 Å². The summed E-state index contributed by atoms with van der Waals surface area (Å²) in [5, 5.41) is 29.9. The third-order valence-electron chi connectivity index (χ3n) is 3.94. The number of anilines is 2. The molecule has 0 bridgehead atoms. The standard InChI is InChI=1S/C20H23ClN4O3/c1-25-13-5-3-12(4-6-13)16(22)10-18(26)20(24)14-9-15(21)19(11-17(14)23)28-8-7-27-2/h3-6,9-11,22,24-26H,7-8,23H2,1-2H3/b18-10-,22-16?,24-20?. The molecule has 0 aliphatic heterocycles. The molecular formula is C20H23ClN4O3. The molecule has 2 rings (SSSR count). The second-order valence-electron chi connectivity index (χ2n) is 5.86. The summed E-state index contributed by atoms with van der Waals surface area (Å²) in [6.45, 7) is 0.704. The van der Waals surface area contributed by atoms with E-state index in [1.165, 1.54) is 18.2 Å². The van der Waals surface area contributed by atoms with E-state index in [-0.39, 0.29) is 27.7 Å². The van der Waals surface area contributed by atoms with E-state index in [1.54, 1.807) is 26.3 Å². The molecule has 0 saturated heterocycles. The van der Waals surface area contributed by atoms with Crippen molar-refractivity contribution in [2.45, 2.75) is 0 Å². The van der Waals surface area contributed by atoms with Crippen molar-refractivity contribution in [2.24, 2.45) is 0 Å². The summed E-state index contributed by atoms with van der Waals surface area (Å²) in [7, 11) is 3.36. The van der Waals surface area contributed by atoms with Crippen LogP contribution in [0.25, 0.3) is 0 Å². The normalized spacial score (nSPS) is 11.2. The predicted molar refractivity (Wildman–Crippen MR) is 114 cm³/mol. The lowest BCUT2D eigenvalue weighted by molar-refractivity contribution is 0.146. The Bertz CT molecular complexity index is 895. The fraction of sp³-hybridized carbons (Fsp3) is 0.200. The van der Waals surface area contributed by atoms with Gasteiger partial charge in [0, 0.05) is 43.2 Å². The quantitative estimate of drug-likeness (QED) is 0.188. The van der Waals surface area contributed by atoms with Crippen molar-refractivity contribution in [2.75, 3.05) is 38.4 Å². The van der Waals surface area contributed by atoms with Crippen LogP contribution in [0.2, 0.25) is 5.02 Å². The molecule has 2 aromatic carbocycles. The minimum Gasteiger partial charge on any atom is -0.506 e. The summed E-state index contributed by atoms with van der Waals surface area (Å²) in [5.41, 5.74) is 7.81. The van der Waals surface area contributed by atoms with E-state index < -0.39 is 5.76 Å². The fourth-order valence-corrected chi connectivity index (χ4v) is 2.60. The Balaban J connectivity index is 2.20. The van der Waals surface area contributed by atoms with Crippen molar-refractivity contribution in [1.29, 1.82) is 10.8 Å². The largest absolute Gasteiger partial charge is 0.506 e. The van der Waals surface area contributed by atoms with Crippen LogP contribution < -0.4 is 15.8 Å². The number of nitrogens with two attached hydrogens (primary N) is 1. The second-order valence-corrected chi connectivity index (χ2v) is 6.26. The molecule has 148 valence electrons. The summed E-state index contributed by atoms with van der Waals surface area (Å²) in [6, 6.07) is 10.1. The Kier molecular flexibility index (Phi) is 7.43. The topological polar surface area (TPSA) is 124 Å². The zero-order chi connectivity index (χ0) is 20.7. The Morgan fingerprint density at radius 1 is 1.21 bits per heavy atom. The minimum absolute atomic E-state index is 0.0640.